The summed E-state index contributed by atoms with van der Waals surface area (Å²) in [6, 6.07) is 6.28. The van der Waals surface area contributed by atoms with Gasteiger partial charge in [0.25, 0.3) is 5.91 Å². The Hall–Kier alpha value is -2.54. The average molecular weight is 295 g/mol. The fourth-order valence-electron chi connectivity index (χ4n) is 1.80. The van der Waals surface area contributed by atoms with E-state index in [9.17, 15) is 18.0 Å². The van der Waals surface area contributed by atoms with E-state index in [1.54, 1.807) is 25.1 Å². The Morgan fingerprint density at radius 2 is 1.71 bits per heavy atom. The maximum atomic E-state index is 13.1. The van der Waals surface area contributed by atoms with Crippen LogP contribution in [-0.4, -0.2) is 5.91 Å². The van der Waals surface area contributed by atoms with E-state index in [0.717, 1.165) is 5.56 Å². The molecule has 0 fully saturated rings. The number of halogens is 3. The highest BCUT2D eigenvalue weighted by molar-refractivity contribution is 6.08. The number of nitrogens with two attached hydrogens (primary N) is 1. The SMILES string of the molecule is Cc1ccc(NN)c(C(=O)Nc2cc(F)c(F)c(F)c2)c1. The van der Waals surface area contributed by atoms with Crippen molar-refractivity contribution >= 4 is 17.3 Å². The largest absolute Gasteiger partial charge is 0.323 e. The Kier molecular flexibility index (Phi) is 4.13. The van der Waals surface area contributed by atoms with Crippen LogP contribution in [0.25, 0.3) is 0 Å². The van der Waals surface area contributed by atoms with Gasteiger partial charge >= 0.3 is 0 Å². The first-order valence-corrected chi connectivity index (χ1v) is 5.95. The van der Waals surface area contributed by atoms with E-state index >= 15 is 0 Å². The van der Waals surface area contributed by atoms with Gasteiger partial charge in [0, 0.05) is 17.8 Å². The van der Waals surface area contributed by atoms with Gasteiger partial charge < -0.3 is 10.7 Å². The number of hydrazine groups is 1. The van der Waals surface area contributed by atoms with Gasteiger partial charge in [0.2, 0.25) is 0 Å². The second kappa shape index (κ2) is 5.84. The lowest BCUT2D eigenvalue weighted by molar-refractivity contribution is 0.102. The topological polar surface area (TPSA) is 67.1 Å². The second-order valence-corrected chi connectivity index (χ2v) is 4.40. The van der Waals surface area contributed by atoms with E-state index in [-0.39, 0.29) is 11.3 Å². The van der Waals surface area contributed by atoms with Crippen LogP contribution in [0.1, 0.15) is 15.9 Å². The third-order valence-electron chi connectivity index (χ3n) is 2.82. The molecular weight excluding hydrogens is 283 g/mol. The van der Waals surface area contributed by atoms with Crippen LogP contribution in [0.15, 0.2) is 30.3 Å². The summed E-state index contributed by atoms with van der Waals surface area (Å²) in [6.45, 7) is 1.77. The molecule has 7 heteroatoms. The Morgan fingerprint density at radius 3 is 2.29 bits per heavy atom. The van der Waals surface area contributed by atoms with Crippen LogP contribution in [0.2, 0.25) is 0 Å². The number of benzene rings is 2. The second-order valence-electron chi connectivity index (χ2n) is 4.40. The molecule has 0 atom stereocenters. The number of hydrogen-bond acceptors (Lipinski definition) is 3. The third-order valence-corrected chi connectivity index (χ3v) is 2.82. The molecule has 0 spiro atoms. The summed E-state index contributed by atoms with van der Waals surface area (Å²) < 4.78 is 39.1. The molecular formula is C14H12F3N3O. The van der Waals surface area contributed by atoms with Gasteiger partial charge in [-0.3, -0.25) is 10.6 Å². The molecule has 0 aliphatic rings. The monoisotopic (exact) mass is 295 g/mol. The molecule has 0 saturated carbocycles. The lowest BCUT2D eigenvalue weighted by Gasteiger charge is -2.11. The van der Waals surface area contributed by atoms with Gasteiger partial charge in [0.05, 0.1) is 11.3 Å². The lowest BCUT2D eigenvalue weighted by Crippen LogP contribution is -2.17. The molecule has 110 valence electrons. The maximum Gasteiger partial charge on any atom is 0.257 e. The number of nitrogen functional groups attached to an aromatic ring is 1. The highest BCUT2D eigenvalue weighted by atomic mass is 19.2. The Balaban J connectivity index is 2.32. The van der Waals surface area contributed by atoms with Gasteiger partial charge in [0.1, 0.15) is 0 Å². The van der Waals surface area contributed by atoms with Gasteiger partial charge in [-0.2, -0.15) is 0 Å². The molecule has 0 aliphatic heterocycles. The summed E-state index contributed by atoms with van der Waals surface area (Å²) >= 11 is 0. The van der Waals surface area contributed by atoms with E-state index in [4.69, 9.17) is 5.84 Å². The first kappa shape index (κ1) is 14.9. The summed E-state index contributed by atoms with van der Waals surface area (Å²) in [7, 11) is 0. The van der Waals surface area contributed by atoms with Crippen LogP contribution in [0, 0.1) is 24.4 Å². The van der Waals surface area contributed by atoms with Crippen molar-refractivity contribution in [2.75, 3.05) is 10.7 Å². The van der Waals surface area contributed by atoms with Crippen molar-refractivity contribution < 1.29 is 18.0 Å². The minimum atomic E-state index is -1.59. The van der Waals surface area contributed by atoms with Crippen LogP contribution in [-0.2, 0) is 0 Å². The van der Waals surface area contributed by atoms with Crippen molar-refractivity contribution in [3.8, 4) is 0 Å². The van der Waals surface area contributed by atoms with Crippen LogP contribution in [0.4, 0.5) is 24.5 Å². The molecule has 2 aromatic carbocycles. The molecule has 0 heterocycles. The standard InChI is InChI=1S/C14H12F3N3O/c1-7-2-3-12(20-18)9(4-7)14(21)19-8-5-10(15)13(17)11(16)6-8/h2-6,20H,18H2,1H3,(H,19,21). The predicted molar refractivity (Wildman–Crippen MR) is 73.3 cm³/mol. The fourth-order valence-corrected chi connectivity index (χ4v) is 1.80. The first-order valence-electron chi connectivity index (χ1n) is 5.95. The Bertz CT molecular complexity index is 681. The first-order chi connectivity index (χ1) is 9.92. The number of hydrogen-bond donors (Lipinski definition) is 3. The maximum absolute atomic E-state index is 13.1. The number of rotatable bonds is 3. The van der Waals surface area contributed by atoms with E-state index in [1.165, 1.54) is 0 Å². The van der Waals surface area contributed by atoms with E-state index < -0.39 is 23.4 Å². The zero-order chi connectivity index (χ0) is 15.6. The molecule has 0 aliphatic carbocycles. The van der Waals surface area contributed by atoms with E-state index in [1.807, 2.05) is 0 Å². The van der Waals surface area contributed by atoms with Crippen molar-refractivity contribution in [3.05, 3.63) is 58.9 Å². The summed E-state index contributed by atoms with van der Waals surface area (Å²) in [4.78, 5) is 12.1. The summed E-state index contributed by atoms with van der Waals surface area (Å²) in [5.74, 6) is 0.317. The van der Waals surface area contributed by atoms with Gasteiger partial charge in [0.15, 0.2) is 17.5 Å². The number of nitrogens with one attached hydrogen (secondary N) is 2. The molecule has 4 N–H and O–H groups in total. The number of carbonyl (C=O) groups excluding carboxylic acids is 1. The lowest BCUT2D eigenvalue weighted by atomic mass is 10.1. The van der Waals surface area contributed by atoms with Crippen LogP contribution >= 0.6 is 0 Å². The van der Waals surface area contributed by atoms with Crippen LogP contribution in [0.5, 0.6) is 0 Å². The molecule has 0 saturated heterocycles. The van der Waals surface area contributed by atoms with E-state index in [0.29, 0.717) is 17.8 Å². The molecule has 4 nitrogen and oxygen atoms in total. The molecule has 0 unspecified atom stereocenters. The molecule has 21 heavy (non-hydrogen) atoms. The number of anilines is 2. The van der Waals surface area contributed by atoms with Crippen molar-refractivity contribution in [2.45, 2.75) is 6.92 Å². The average Bonchev–Trinajstić information content (AvgIpc) is 2.44. The zero-order valence-electron chi connectivity index (χ0n) is 11.0. The third kappa shape index (κ3) is 3.14. The normalized spacial score (nSPS) is 10.3. The zero-order valence-corrected chi connectivity index (χ0v) is 11.0. The van der Waals surface area contributed by atoms with Crippen LogP contribution < -0.4 is 16.6 Å². The van der Waals surface area contributed by atoms with Crippen molar-refractivity contribution in [3.63, 3.8) is 0 Å². The Labute approximate surface area is 118 Å². The van der Waals surface area contributed by atoms with Crippen LogP contribution in [0.3, 0.4) is 0 Å². The number of carbonyl (C=O) groups is 1. The summed E-state index contributed by atoms with van der Waals surface area (Å²) in [5.41, 5.74) is 3.51. The van der Waals surface area contributed by atoms with Gasteiger partial charge in [-0.25, -0.2) is 13.2 Å². The molecule has 0 radical (unpaired) electrons. The van der Waals surface area contributed by atoms with Crippen molar-refractivity contribution in [1.29, 1.82) is 0 Å². The van der Waals surface area contributed by atoms with Gasteiger partial charge in [-0.1, -0.05) is 11.6 Å². The molecule has 1 amide bonds. The molecule has 2 aromatic rings. The smallest absolute Gasteiger partial charge is 0.257 e. The van der Waals surface area contributed by atoms with Crippen molar-refractivity contribution in [1.82, 2.24) is 0 Å². The number of amides is 1. The van der Waals surface area contributed by atoms with Gasteiger partial charge in [-0.05, 0) is 19.1 Å². The Morgan fingerprint density at radius 1 is 1.10 bits per heavy atom. The molecule has 2 rings (SSSR count). The molecule has 0 aromatic heterocycles. The number of aryl methyl sites for hydroxylation is 1. The van der Waals surface area contributed by atoms with E-state index in [2.05, 4.69) is 10.7 Å². The quantitative estimate of drug-likeness (QED) is 0.463. The van der Waals surface area contributed by atoms with Gasteiger partial charge in [-0.15, -0.1) is 0 Å². The minimum absolute atomic E-state index is 0.194. The highest BCUT2D eigenvalue weighted by Gasteiger charge is 2.15. The van der Waals surface area contributed by atoms with Crippen molar-refractivity contribution in [2.24, 2.45) is 5.84 Å². The fraction of sp³-hybridized carbons (Fsp3) is 0.0714. The highest BCUT2D eigenvalue weighted by Crippen LogP contribution is 2.21. The predicted octanol–water partition coefficient (Wildman–Crippen LogP) is 2.95. The summed E-state index contributed by atoms with van der Waals surface area (Å²) in [6.07, 6.45) is 0. The molecule has 0 bridgehead atoms. The minimum Gasteiger partial charge on any atom is -0.323 e. The summed E-state index contributed by atoms with van der Waals surface area (Å²) in [5, 5.41) is 2.29.